The second-order valence-electron chi connectivity index (χ2n) is 36.3. The van der Waals surface area contributed by atoms with Gasteiger partial charge in [-0.2, -0.15) is 10.5 Å². The third-order valence-corrected chi connectivity index (χ3v) is 23.9. The number of nitriles is 2. The summed E-state index contributed by atoms with van der Waals surface area (Å²) in [6.45, 7) is 63.2. The number of pyridine rings is 1. The molecule has 9 heterocycles. The second-order valence-corrected chi connectivity index (χ2v) is 36.3. The van der Waals surface area contributed by atoms with Crippen molar-refractivity contribution in [2.45, 2.75) is 273 Å². The maximum atomic E-state index is 13.5. The molecule has 9 rings (SSSR count). The first kappa shape index (κ1) is 96.0. The van der Waals surface area contributed by atoms with Crippen LogP contribution in [0.25, 0.3) is 0 Å². The van der Waals surface area contributed by atoms with Crippen molar-refractivity contribution in [2.24, 2.45) is 93.2 Å². The van der Waals surface area contributed by atoms with Gasteiger partial charge in [0.25, 0.3) is 0 Å². The van der Waals surface area contributed by atoms with Gasteiger partial charge in [-0.15, -0.1) is 0 Å². The number of hydrogen-bond donors (Lipinski definition) is 0. The van der Waals surface area contributed by atoms with E-state index in [9.17, 15) is 27.6 Å². The Kier molecular flexibility index (Phi) is 46.7. The first-order valence-corrected chi connectivity index (χ1v) is 41.2. The van der Waals surface area contributed by atoms with E-state index in [2.05, 4.69) is 158 Å². The van der Waals surface area contributed by atoms with Crippen molar-refractivity contribution in [3.8, 4) is 12.1 Å². The Hall–Kier alpha value is -4.07. The highest BCUT2D eigenvalue weighted by Gasteiger charge is 2.35. The molecule has 8 aliphatic heterocycles. The SMILES string of the molecule is CC(C)(C)C1CCCN(C(=O)CC#N)C1.CC(C)(C)C1CCN(Cc2ncccc2F)CC1.CC(C)[C@@H]1CCCN(C(=O)CC#N)C1.CC(C)[C@@H]1CCCOC1.CC(C)[C@H]1CCCOC1.CC(CF)N1CCC(C(C)(C)C)CC1.CCN1CCC(C(C)C)C(F)C1.COC(=O)N1CCCC(C(C)C)C1. The number of rotatable bonds is 12. The number of aromatic nitrogens is 1. The normalized spacial score (nSPS) is 24.4. The summed E-state index contributed by atoms with van der Waals surface area (Å²) >= 11 is 0. The van der Waals surface area contributed by atoms with Gasteiger partial charge >= 0.3 is 6.09 Å². The van der Waals surface area contributed by atoms with Crippen LogP contribution >= 0.6 is 0 Å². The molecule has 0 bridgehead atoms. The van der Waals surface area contributed by atoms with Crippen LogP contribution in [-0.2, 0) is 30.3 Å². The molecule has 0 aromatic carbocycles. The van der Waals surface area contributed by atoms with Gasteiger partial charge in [-0.05, 0) is 248 Å². The summed E-state index contributed by atoms with van der Waals surface area (Å²) in [5.41, 5.74) is 1.64. The number of likely N-dealkylation sites (tertiary alicyclic amines) is 6. The topological polar surface area (TPSA) is 159 Å². The van der Waals surface area contributed by atoms with E-state index in [0.717, 1.165) is 166 Å². The van der Waals surface area contributed by atoms with Gasteiger partial charge in [-0.25, -0.2) is 18.0 Å². The van der Waals surface area contributed by atoms with E-state index in [1.165, 1.54) is 83.8 Å². The van der Waals surface area contributed by atoms with Crippen molar-refractivity contribution in [2.75, 3.05) is 125 Å². The molecule has 0 radical (unpaired) electrons. The van der Waals surface area contributed by atoms with Crippen LogP contribution in [0.5, 0.6) is 0 Å². The van der Waals surface area contributed by atoms with Crippen LogP contribution in [0.15, 0.2) is 18.3 Å². The van der Waals surface area contributed by atoms with Gasteiger partial charge in [-0.3, -0.25) is 24.4 Å². The highest BCUT2D eigenvalue weighted by molar-refractivity contribution is 5.78. The summed E-state index contributed by atoms with van der Waals surface area (Å²) in [6, 6.07) is 7.10. The van der Waals surface area contributed by atoms with Crippen LogP contribution in [0.3, 0.4) is 0 Å². The minimum absolute atomic E-state index is 0.00199. The zero-order chi connectivity index (χ0) is 78.3. The summed E-state index contributed by atoms with van der Waals surface area (Å²) in [4.78, 5) is 50.7. The summed E-state index contributed by atoms with van der Waals surface area (Å²) < 4.78 is 54.9. The maximum Gasteiger partial charge on any atom is 0.409 e. The highest BCUT2D eigenvalue weighted by atomic mass is 19.1. The molecule has 15 nitrogen and oxygen atoms in total. The van der Waals surface area contributed by atoms with Crippen LogP contribution in [-0.4, -0.2) is 190 Å². The third kappa shape index (κ3) is 37.8. The van der Waals surface area contributed by atoms with Crippen LogP contribution in [0.2, 0.25) is 0 Å². The molecule has 3 amide bonds. The average molecular weight is 1470 g/mol. The number of halogens is 3. The number of carbonyl (C=O) groups excluding carboxylic acids is 3. The summed E-state index contributed by atoms with van der Waals surface area (Å²) in [7, 11) is 1.45. The van der Waals surface area contributed by atoms with Crippen molar-refractivity contribution in [1.82, 2.24) is 34.4 Å². The number of carbonyl (C=O) groups is 3. The monoisotopic (exact) mass is 1470 g/mol. The third-order valence-electron chi connectivity index (χ3n) is 23.9. The molecular weight excluding hydrogens is 1310 g/mol. The fourth-order valence-corrected chi connectivity index (χ4v) is 15.5. The lowest BCUT2D eigenvalue weighted by Gasteiger charge is -2.40. The number of hydrogen-bond acceptors (Lipinski definition) is 12. The van der Waals surface area contributed by atoms with E-state index >= 15 is 0 Å². The lowest BCUT2D eigenvalue weighted by molar-refractivity contribution is -0.133. The van der Waals surface area contributed by atoms with E-state index in [0.29, 0.717) is 71.0 Å². The second kappa shape index (κ2) is 50.6. The first-order valence-electron chi connectivity index (χ1n) is 41.2. The largest absolute Gasteiger partial charge is 0.453 e. The van der Waals surface area contributed by atoms with E-state index in [-0.39, 0.29) is 54.7 Å². The number of piperidine rings is 6. The number of nitrogens with zero attached hydrogens (tertiary/aromatic N) is 9. The van der Waals surface area contributed by atoms with Crippen LogP contribution < -0.4 is 0 Å². The minimum atomic E-state index is -0.598. The van der Waals surface area contributed by atoms with Gasteiger partial charge < -0.3 is 33.8 Å². The Morgan fingerprint density at radius 1 is 0.548 bits per heavy atom. The van der Waals surface area contributed by atoms with Gasteiger partial charge in [0.1, 0.15) is 31.5 Å². The van der Waals surface area contributed by atoms with E-state index in [1.54, 1.807) is 12.3 Å². The Labute approximate surface area is 635 Å². The van der Waals surface area contributed by atoms with E-state index in [4.69, 9.17) is 24.7 Å². The van der Waals surface area contributed by atoms with Gasteiger partial charge in [-0.1, -0.05) is 138 Å². The van der Waals surface area contributed by atoms with Crippen molar-refractivity contribution >= 4 is 17.9 Å². The molecule has 8 atom stereocenters. The molecule has 0 aliphatic carbocycles. The molecule has 5 unspecified atom stereocenters. The lowest BCUT2D eigenvalue weighted by Crippen LogP contribution is -2.43. The summed E-state index contributed by atoms with van der Waals surface area (Å²) in [5.74, 6) is 8.60. The number of ether oxygens (including phenoxy) is 3. The predicted molar refractivity (Wildman–Crippen MR) is 422 cm³/mol. The van der Waals surface area contributed by atoms with E-state index < -0.39 is 6.17 Å². The molecule has 602 valence electrons. The van der Waals surface area contributed by atoms with Crippen LogP contribution in [0, 0.1) is 122 Å². The maximum absolute atomic E-state index is 13.5. The Morgan fingerprint density at radius 2 is 0.971 bits per heavy atom. The summed E-state index contributed by atoms with van der Waals surface area (Å²) in [5, 5.41) is 16.9. The quantitative estimate of drug-likeness (QED) is 0.195. The molecular formula is C86H156F3N9O6. The first-order chi connectivity index (χ1) is 48.9. The molecule has 18 heteroatoms. The Morgan fingerprint density at radius 3 is 1.35 bits per heavy atom. The van der Waals surface area contributed by atoms with Crippen molar-refractivity contribution in [1.29, 1.82) is 10.5 Å². The highest BCUT2D eigenvalue weighted by Crippen LogP contribution is 2.37. The van der Waals surface area contributed by atoms with Crippen LogP contribution in [0.1, 0.15) is 260 Å². The van der Waals surface area contributed by atoms with Crippen molar-refractivity contribution < 1.29 is 41.8 Å². The molecule has 1 aromatic rings. The molecule has 0 N–H and O–H groups in total. The van der Waals surface area contributed by atoms with Crippen molar-refractivity contribution in [3.05, 3.63) is 29.8 Å². The van der Waals surface area contributed by atoms with Crippen LogP contribution in [0.4, 0.5) is 18.0 Å². The predicted octanol–water partition coefficient (Wildman–Crippen LogP) is 19.1. The van der Waals surface area contributed by atoms with Crippen molar-refractivity contribution in [3.63, 3.8) is 0 Å². The standard InChI is InChI=1S/C15H23FN2.C12H24FN.C12H20N2O.C11H18N2O.C10H20FN.C10H19NO2.2C8H16O/c1-15(2,3)12-6-9-18(10-7-12)11-14-13(16)5-4-8-17-14;1-10(9-13)14-7-5-11(6-8-14)12(2,3)4;1-12(2,3)10-5-4-8-14(9-10)11(15)6-7-13;1-9(2)10-4-3-7-13(8-10)11(14)5-6-12;1-4-12-6-5-9(8(2)3)10(11)7-12;1-8(2)9-5-4-6-11(7-9)10(12)13-3;2*1-7(2)8-4-3-5-9-6-8/h4-5,8,12H,6-7,9-11H2,1-3H3;10-11H,5-9H2,1-4H3;10H,4-6,8-9H2,1-3H3;9-10H,3-5,7-8H2,1-2H3;8-10H,4-7H2,1-3H3;8-9H,4-7H2,1-3H3;2*7-8H,3-6H2,1-2H3/t;;;10-;;;2*8-/m...1..10/s1. The zero-order valence-electron chi connectivity index (χ0n) is 70.5. The number of methoxy groups -OCH3 is 1. The van der Waals surface area contributed by atoms with Gasteiger partial charge in [0.05, 0.1) is 24.9 Å². The Bertz CT molecular complexity index is 2510. The molecule has 8 aliphatic rings. The molecule has 8 saturated heterocycles. The molecule has 8 fully saturated rings. The fraction of sp³-hybridized carbons (Fsp3) is 0.884. The fourth-order valence-electron chi connectivity index (χ4n) is 15.5. The zero-order valence-corrected chi connectivity index (χ0v) is 70.5. The molecule has 0 spiro atoms. The molecule has 104 heavy (non-hydrogen) atoms. The van der Waals surface area contributed by atoms with Gasteiger partial charge in [0.2, 0.25) is 11.8 Å². The smallest absolute Gasteiger partial charge is 0.409 e. The molecule has 0 saturated carbocycles. The minimum Gasteiger partial charge on any atom is -0.453 e. The van der Waals surface area contributed by atoms with Gasteiger partial charge in [0, 0.05) is 91.0 Å². The van der Waals surface area contributed by atoms with Gasteiger partial charge in [0.15, 0.2) is 0 Å². The number of amides is 3. The summed E-state index contributed by atoms with van der Waals surface area (Å²) in [6.07, 6.45) is 19.0. The average Bonchev–Trinajstić information content (AvgIpc) is 0.855. The molecule has 1 aromatic heterocycles. The Balaban J connectivity index is 0.000000407. The lowest BCUT2D eigenvalue weighted by atomic mass is 9.75. The van der Waals surface area contributed by atoms with E-state index in [1.807, 2.05) is 33.8 Å². The number of alkyl halides is 2.